The van der Waals surface area contributed by atoms with Crippen LogP contribution in [-0.2, 0) is 14.8 Å². The van der Waals surface area contributed by atoms with Gasteiger partial charge in [-0.05, 0) is 71.8 Å². The summed E-state index contributed by atoms with van der Waals surface area (Å²) < 4.78 is 68.9. The summed E-state index contributed by atoms with van der Waals surface area (Å²) in [6, 6.07) is 13.0. The van der Waals surface area contributed by atoms with Gasteiger partial charge in [0.1, 0.15) is 17.3 Å². The summed E-state index contributed by atoms with van der Waals surface area (Å²) in [5.74, 6) is 1.22. The van der Waals surface area contributed by atoms with Gasteiger partial charge in [0, 0.05) is 30.3 Å². The highest BCUT2D eigenvalue weighted by atomic mass is 32.2. The van der Waals surface area contributed by atoms with Crippen LogP contribution in [0.2, 0.25) is 0 Å². The molecule has 0 atom stereocenters. The van der Waals surface area contributed by atoms with Crippen molar-refractivity contribution in [3.05, 3.63) is 82.7 Å². The van der Waals surface area contributed by atoms with Crippen LogP contribution >= 0.6 is 0 Å². The normalized spacial score (nSPS) is 16.1. The van der Waals surface area contributed by atoms with Crippen LogP contribution < -0.4 is 23.7 Å². The summed E-state index contributed by atoms with van der Waals surface area (Å²) in [5.41, 5.74) is 1.54. The Bertz CT molecular complexity index is 1570. The van der Waals surface area contributed by atoms with E-state index in [1.165, 1.54) is 52.0 Å². The van der Waals surface area contributed by atoms with Crippen molar-refractivity contribution in [3.63, 3.8) is 0 Å². The molecule has 0 radical (unpaired) electrons. The van der Waals surface area contributed by atoms with Crippen molar-refractivity contribution in [2.75, 3.05) is 48.6 Å². The Labute approximate surface area is 238 Å². The minimum absolute atomic E-state index is 0.0946. The average Bonchev–Trinajstić information content (AvgIpc) is 2.98. The van der Waals surface area contributed by atoms with Crippen LogP contribution in [0.5, 0.6) is 28.7 Å². The first-order valence-electron chi connectivity index (χ1n) is 12.4. The van der Waals surface area contributed by atoms with E-state index in [4.69, 9.17) is 23.7 Å². The van der Waals surface area contributed by atoms with E-state index in [1.54, 1.807) is 42.5 Å². The van der Waals surface area contributed by atoms with Crippen LogP contribution in [0, 0.1) is 5.82 Å². The van der Waals surface area contributed by atoms with Gasteiger partial charge in [0.25, 0.3) is 0 Å². The molecule has 1 aliphatic heterocycles. The second kappa shape index (κ2) is 12.4. The molecule has 0 aliphatic carbocycles. The number of piperidine rings is 1. The maximum Gasteiger partial charge on any atom is 0.243 e. The monoisotopic (exact) mass is 583 g/mol. The molecule has 0 amide bonds. The van der Waals surface area contributed by atoms with E-state index >= 15 is 0 Å². The number of ketones is 1. The number of methoxy groups -OCH3 is 5. The second-order valence-corrected chi connectivity index (χ2v) is 10.9. The lowest BCUT2D eigenvalue weighted by Crippen LogP contribution is -2.41. The third-order valence-corrected chi connectivity index (χ3v) is 8.28. The van der Waals surface area contributed by atoms with Gasteiger partial charge in [-0.15, -0.1) is 0 Å². The molecule has 3 aromatic carbocycles. The van der Waals surface area contributed by atoms with Gasteiger partial charge in [-0.1, -0.05) is 0 Å². The van der Waals surface area contributed by atoms with Crippen LogP contribution in [0.15, 0.2) is 70.6 Å². The summed E-state index contributed by atoms with van der Waals surface area (Å²) >= 11 is 0. The van der Waals surface area contributed by atoms with Crippen molar-refractivity contribution in [1.82, 2.24) is 4.31 Å². The highest BCUT2D eigenvalue weighted by Gasteiger charge is 2.34. The lowest BCUT2D eigenvalue weighted by Gasteiger charge is -2.29. The fourth-order valence-corrected chi connectivity index (χ4v) is 5.83. The zero-order valence-electron chi connectivity index (χ0n) is 23.3. The number of rotatable bonds is 9. The Kier molecular flexibility index (Phi) is 8.99. The van der Waals surface area contributed by atoms with Crippen molar-refractivity contribution in [2.24, 2.45) is 0 Å². The Morgan fingerprint density at radius 3 is 1.63 bits per heavy atom. The molecule has 11 heteroatoms. The molecule has 1 saturated heterocycles. The largest absolute Gasteiger partial charge is 0.497 e. The van der Waals surface area contributed by atoms with Crippen molar-refractivity contribution >= 4 is 28.0 Å². The molecular weight excluding hydrogens is 553 g/mol. The Morgan fingerprint density at radius 2 is 1.20 bits per heavy atom. The number of hydrogen-bond donors (Lipinski definition) is 0. The number of benzene rings is 3. The first kappa shape index (κ1) is 29.6. The van der Waals surface area contributed by atoms with E-state index in [1.807, 2.05) is 0 Å². The molecule has 0 unspecified atom stereocenters. The lowest BCUT2D eigenvalue weighted by molar-refractivity contribution is -0.113. The van der Waals surface area contributed by atoms with E-state index in [0.29, 0.717) is 39.9 Å². The second-order valence-electron chi connectivity index (χ2n) is 9.00. The van der Waals surface area contributed by atoms with Crippen LogP contribution in [0.25, 0.3) is 12.2 Å². The smallest absolute Gasteiger partial charge is 0.243 e. The van der Waals surface area contributed by atoms with Gasteiger partial charge < -0.3 is 23.7 Å². The average molecular weight is 584 g/mol. The third kappa shape index (κ3) is 6.36. The number of Topliss-reactive ketones (excluding diaryl/α,β-unsaturated/α-hetero) is 1. The van der Waals surface area contributed by atoms with Gasteiger partial charge in [-0.25, -0.2) is 12.8 Å². The van der Waals surface area contributed by atoms with Gasteiger partial charge in [0.15, 0.2) is 17.3 Å². The molecule has 0 saturated carbocycles. The first-order valence-corrected chi connectivity index (χ1v) is 13.8. The Balaban J connectivity index is 1.86. The topological polar surface area (TPSA) is 101 Å². The summed E-state index contributed by atoms with van der Waals surface area (Å²) in [6.07, 6.45) is 3.18. The number of hydrogen-bond acceptors (Lipinski definition) is 8. The predicted molar refractivity (Wildman–Crippen MR) is 152 cm³/mol. The summed E-state index contributed by atoms with van der Waals surface area (Å²) in [6.45, 7) is -0.418. The van der Waals surface area contributed by atoms with E-state index < -0.39 is 15.8 Å². The van der Waals surface area contributed by atoms with Crippen molar-refractivity contribution in [1.29, 1.82) is 0 Å². The predicted octanol–water partition coefficient (Wildman–Crippen LogP) is 4.61. The molecule has 0 N–H and O–H groups in total. The summed E-state index contributed by atoms with van der Waals surface area (Å²) in [4.78, 5) is 13.7. The highest BCUT2D eigenvalue weighted by Crippen LogP contribution is 2.39. The molecule has 0 aromatic heterocycles. The van der Waals surface area contributed by atoms with Gasteiger partial charge in [0.2, 0.25) is 15.8 Å². The van der Waals surface area contributed by atoms with Crippen molar-refractivity contribution in [3.8, 4) is 28.7 Å². The van der Waals surface area contributed by atoms with E-state index in [2.05, 4.69) is 0 Å². The minimum atomic E-state index is -4.10. The van der Waals surface area contributed by atoms with Gasteiger partial charge in [-0.3, -0.25) is 4.79 Å². The van der Waals surface area contributed by atoms with Gasteiger partial charge in [-0.2, -0.15) is 4.31 Å². The van der Waals surface area contributed by atoms with Gasteiger partial charge in [0.05, 0.1) is 40.4 Å². The summed E-state index contributed by atoms with van der Waals surface area (Å²) in [5, 5.41) is 0. The van der Waals surface area contributed by atoms with Crippen LogP contribution in [0.1, 0.15) is 11.1 Å². The molecule has 0 bridgehead atoms. The maximum absolute atomic E-state index is 13.8. The van der Waals surface area contributed by atoms with E-state index in [-0.39, 0.29) is 34.9 Å². The van der Waals surface area contributed by atoms with Crippen molar-refractivity contribution < 1.29 is 41.3 Å². The van der Waals surface area contributed by atoms with Crippen LogP contribution in [0.4, 0.5) is 4.39 Å². The molecule has 1 aliphatic rings. The number of halogens is 1. The molecule has 1 heterocycles. The van der Waals surface area contributed by atoms with Crippen LogP contribution in [0.3, 0.4) is 0 Å². The third-order valence-electron chi connectivity index (χ3n) is 6.47. The zero-order chi connectivity index (χ0) is 29.7. The number of carbonyl (C=O) groups is 1. The van der Waals surface area contributed by atoms with Crippen LogP contribution in [-0.4, -0.2) is 67.1 Å². The number of ether oxygens (including phenoxy) is 5. The molecule has 216 valence electrons. The number of nitrogens with zero attached hydrogens (tertiary/aromatic N) is 1. The fourth-order valence-electron chi connectivity index (χ4n) is 4.43. The molecular formula is C30H30FNO8S. The zero-order valence-corrected chi connectivity index (χ0v) is 24.1. The minimum Gasteiger partial charge on any atom is -0.497 e. The van der Waals surface area contributed by atoms with Crippen molar-refractivity contribution in [2.45, 2.75) is 4.90 Å². The van der Waals surface area contributed by atoms with E-state index in [0.717, 1.165) is 12.1 Å². The Morgan fingerprint density at radius 1 is 0.707 bits per heavy atom. The molecule has 3 aromatic rings. The lowest BCUT2D eigenvalue weighted by atomic mass is 9.95. The fraction of sp³-hybridized carbons (Fsp3) is 0.233. The quantitative estimate of drug-likeness (QED) is 0.337. The van der Waals surface area contributed by atoms with E-state index in [9.17, 15) is 17.6 Å². The molecule has 1 fully saturated rings. The molecule has 0 spiro atoms. The molecule has 4 rings (SSSR count). The standard InChI is InChI=1S/C30H30FNO8S/c1-36-24-12-19(13-25(16-24)37-2)10-21-17-32(41(34,35)26-8-6-23(31)7-9-26)18-22(29(21)33)11-20-14-27(38-3)30(40-5)28(15-20)39-4/h6-16H,17-18H2,1-5H3. The highest BCUT2D eigenvalue weighted by molar-refractivity contribution is 7.89. The SMILES string of the molecule is COc1cc(C=C2CN(S(=O)(=O)c3ccc(F)cc3)CC(=Cc3cc(OC)c(OC)c(OC)c3)C2=O)cc(OC)c1. The maximum atomic E-state index is 13.8. The molecule has 41 heavy (non-hydrogen) atoms. The first-order chi connectivity index (χ1) is 19.6. The number of carbonyl (C=O) groups excluding carboxylic acids is 1. The number of sulfonamides is 1. The summed E-state index contributed by atoms with van der Waals surface area (Å²) in [7, 11) is 3.34. The Hall–Kier alpha value is -4.35. The molecule has 9 nitrogen and oxygen atoms in total. The van der Waals surface area contributed by atoms with Gasteiger partial charge >= 0.3 is 0 Å².